The fourth-order valence-electron chi connectivity index (χ4n) is 2.68. The smallest absolute Gasteiger partial charge is 0.163 e. The van der Waals surface area contributed by atoms with E-state index in [1.54, 1.807) is 0 Å². The maximum Gasteiger partial charge on any atom is 0.163 e. The van der Waals surface area contributed by atoms with Crippen LogP contribution < -0.4 is 5.32 Å². The van der Waals surface area contributed by atoms with Gasteiger partial charge in [-0.3, -0.25) is 4.79 Å². The number of benzene rings is 1. The average Bonchev–Trinajstić information content (AvgIpc) is 2.40. The molecule has 0 unspecified atom stereocenters. The molecule has 1 fully saturated rings. The Bertz CT molecular complexity index is 419. The van der Waals surface area contributed by atoms with Crippen LogP contribution in [0.3, 0.4) is 0 Å². The Morgan fingerprint density at radius 2 is 2.00 bits per heavy atom. The molecule has 1 heterocycles. The van der Waals surface area contributed by atoms with Crippen molar-refractivity contribution < 1.29 is 4.79 Å². The van der Waals surface area contributed by atoms with Crippen molar-refractivity contribution >= 4 is 5.78 Å². The van der Waals surface area contributed by atoms with Crippen LogP contribution in [0.2, 0.25) is 0 Å². The molecule has 0 spiro atoms. The molecule has 0 aromatic heterocycles. The van der Waals surface area contributed by atoms with Gasteiger partial charge in [-0.2, -0.15) is 0 Å². The van der Waals surface area contributed by atoms with Gasteiger partial charge < -0.3 is 5.32 Å². The summed E-state index contributed by atoms with van der Waals surface area (Å²) in [4.78, 5) is 12.2. The first kappa shape index (κ1) is 13.3. The minimum Gasteiger partial charge on any atom is -0.317 e. The summed E-state index contributed by atoms with van der Waals surface area (Å²) in [7, 11) is 0. The fraction of sp³-hybridized carbons (Fsp3) is 0.562. The molecule has 0 aliphatic carbocycles. The largest absolute Gasteiger partial charge is 0.317 e. The molecule has 1 aromatic carbocycles. The first-order valence-electron chi connectivity index (χ1n) is 6.98. The summed E-state index contributed by atoms with van der Waals surface area (Å²) in [5.74, 6) is 1.05. The van der Waals surface area contributed by atoms with Crippen LogP contribution >= 0.6 is 0 Å². The number of rotatable bonds is 4. The molecule has 1 aliphatic heterocycles. The Kier molecular flexibility index (Phi) is 4.54. The Balaban J connectivity index is 1.92. The number of carbonyl (C=O) groups is 1. The van der Waals surface area contributed by atoms with Gasteiger partial charge in [-0.05, 0) is 63.7 Å². The van der Waals surface area contributed by atoms with E-state index in [4.69, 9.17) is 0 Å². The lowest BCUT2D eigenvalue weighted by Crippen LogP contribution is -2.28. The van der Waals surface area contributed by atoms with Crippen LogP contribution in [0.25, 0.3) is 0 Å². The molecule has 0 atom stereocenters. The summed E-state index contributed by atoms with van der Waals surface area (Å²) >= 11 is 0. The Labute approximate surface area is 110 Å². The second-order valence-corrected chi connectivity index (χ2v) is 5.47. The van der Waals surface area contributed by atoms with E-state index in [1.807, 2.05) is 26.0 Å². The molecule has 0 radical (unpaired) electrons. The van der Waals surface area contributed by atoms with Crippen LogP contribution in [0.4, 0.5) is 0 Å². The van der Waals surface area contributed by atoms with Gasteiger partial charge in [-0.15, -0.1) is 0 Å². The summed E-state index contributed by atoms with van der Waals surface area (Å²) in [5.41, 5.74) is 3.20. The molecule has 1 aliphatic rings. The molecule has 0 saturated carbocycles. The first-order valence-corrected chi connectivity index (χ1v) is 6.98. The van der Waals surface area contributed by atoms with E-state index in [9.17, 15) is 4.79 Å². The Hall–Kier alpha value is -1.15. The molecule has 2 rings (SSSR count). The van der Waals surface area contributed by atoms with Crippen LogP contribution in [0.1, 0.15) is 47.2 Å². The van der Waals surface area contributed by atoms with Gasteiger partial charge in [0, 0.05) is 12.0 Å². The van der Waals surface area contributed by atoms with Crippen molar-refractivity contribution in [2.24, 2.45) is 5.92 Å². The topological polar surface area (TPSA) is 29.1 Å². The van der Waals surface area contributed by atoms with Gasteiger partial charge in [0.05, 0.1) is 0 Å². The third kappa shape index (κ3) is 3.42. The zero-order chi connectivity index (χ0) is 13.0. The number of aryl methyl sites for hydroxylation is 2. The highest BCUT2D eigenvalue weighted by molar-refractivity contribution is 5.97. The minimum absolute atomic E-state index is 0.315. The predicted molar refractivity (Wildman–Crippen MR) is 75.1 cm³/mol. The maximum absolute atomic E-state index is 12.2. The lowest BCUT2D eigenvalue weighted by Gasteiger charge is -2.22. The molecule has 1 saturated heterocycles. The third-order valence-electron chi connectivity index (χ3n) is 3.93. The first-order chi connectivity index (χ1) is 8.66. The van der Waals surface area contributed by atoms with E-state index >= 15 is 0 Å². The van der Waals surface area contributed by atoms with Crippen LogP contribution in [0.5, 0.6) is 0 Å². The molecule has 1 N–H and O–H groups in total. The number of ketones is 1. The van der Waals surface area contributed by atoms with E-state index in [0.29, 0.717) is 12.2 Å². The quantitative estimate of drug-likeness (QED) is 0.825. The lowest BCUT2D eigenvalue weighted by molar-refractivity contribution is 0.0970. The Morgan fingerprint density at radius 1 is 1.28 bits per heavy atom. The second kappa shape index (κ2) is 6.14. The zero-order valence-electron chi connectivity index (χ0n) is 11.5. The summed E-state index contributed by atoms with van der Waals surface area (Å²) in [6.45, 7) is 6.30. The monoisotopic (exact) mass is 245 g/mol. The maximum atomic E-state index is 12.2. The van der Waals surface area contributed by atoms with Crippen LogP contribution in [0, 0.1) is 19.8 Å². The minimum atomic E-state index is 0.315. The van der Waals surface area contributed by atoms with Crippen LogP contribution in [-0.4, -0.2) is 18.9 Å². The SMILES string of the molecule is Cc1ccc(C)c(C(=O)CCC2CCNCC2)c1. The van der Waals surface area contributed by atoms with Crippen molar-refractivity contribution in [2.75, 3.05) is 13.1 Å². The standard InChI is InChI=1S/C16H23NO/c1-12-3-4-13(2)15(11-12)16(18)6-5-14-7-9-17-10-8-14/h3-4,11,14,17H,5-10H2,1-2H3. The molecule has 18 heavy (non-hydrogen) atoms. The molecular formula is C16H23NO. The zero-order valence-corrected chi connectivity index (χ0v) is 11.5. The van der Waals surface area contributed by atoms with E-state index < -0.39 is 0 Å². The predicted octanol–water partition coefficient (Wildman–Crippen LogP) is 3.27. The van der Waals surface area contributed by atoms with Gasteiger partial charge in [0.25, 0.3) is 0 Å². The number of hydrogen-bond acceptors (Lipinski definition) is 2. The second-order valence-electron chi connectivity index (χ2n) is 5.47. The highest BCUT2D eigenvalue weighted by Crippen LogP contribution is 2.20. The molecular weight excluding hydrogens is 222 g/mol. The van der Waals surface area contributed by atoms with E-state index in [0.717, 1.165) is 36.6 Å². The number of nitrogens with one attached hydrogen (secondary N) is 1. The molecule has 98 valence electrons. The van der Waals surface area contributed by atoms with Crippen molar-refractivity contribution in [3.8, 4) is 0 Å². The number of hydrogen-bond donors (Lipinski definition) is 1. The fourth-order valence-corrected chi connectivity index (χ4v) is 2.68. The van der Waals surface area contributed by atoms with Crippen molar-refractivity contribution in [1.29, 1.82) is 0 Å². The average molecular weight is 245 g/mol. The van der Waals surface area contributed by atoms with Crippen molar-refractivity contribution in [3.05, 3.63) is 34.9 Å². The summed E-state index contributed by atoms with van der Waals surface area (Å²) in [6, 6.07) is 6.14. The lowest BCUT2D eigenvalue weighted by atomic mass is 9.90. The van der Waals surface area contributed by atoms with E-state index in [-0.39, 0.29) is 0 Å². The normalized spacial score (nSPS) is 16.8. The summed E-state index contributed by atoms with van der Waals surface area (Å²) in [5, 5.41) is 3.37. The van der Waals surface area contributed by atoms with Crippen LogP contribution in [0.15, 0.2) is 18.2 Å². The van der Waals surface area contributed by atoms with Crippen molar-refractivity contribution in [3.63, 3.8) is 0 Å². The van der Waals surface area contributed by atoms with Crippen molar-refractivity contribution in [1.82, 2.24) is 5.32 Å². The highest BCUT2D eigenvalue weighted by atomic mass is 16.1. The van der Waals surface area contributed by atoms with E-state index in [1.165, 1.54) is 18.4 Å². The van der Waals surface area contributed by atoms with Gasteiger partial charge in [0.15, 0.2) is 5.78 Å². The summed E-state index contributed by atoms with van der Waals surface area (Å²) in [6.07, 6.45) is 4.20. The molecule has 1 aromatic rings. The van der Waals surface area contributed by atoms with Gasteiger partial charge >= 0.3 is 0 Å². The number of carbonyl (C=O) groups excluding carboxylic acids is 1. The highest BCUT2D eigenvalue weighted by Gasteiger charge is 2.16. The molecule has 0 bridgehead atoms. The van der Waals surface area contributed by atoms with Crippen LogP contribution in [-0.2, 0) is 0 Å². The molecule has 2 heteroatoms. The Morgan fingerprint density at radius 3 is 2.72 bits per heavy atom. The number of piperidine rings is 1. The van der Waals surface area contributed by atoms with Crippen molar-refractivity contribution in [2.45, 2.75) is 39.5 Å². The molecule has 2 nitrogen and oxygen atoms in total. The van der Waals surface area contributed by atoms with Gasteiger partial charge in [0.1, 0.15) is 0 Å². The third-order valence-corrected chi connectivity index (χ3v) is 3.93. The van der Waals surface area contributed by atoms with Gasteiger partial charge in [-0.1, -0.05) is 17.7 Å². The van der Waals surface area contributed by atoms with Gasteiger partial charge in [-0.25, -0.2) is 0 Å². The van der Waals surface area contributed by atoms with E-state index in [2.05, 4.69) is 11.4 Å². The summed E-state index contributed by atoms with van der Waals surface area (Å²) < 4.78 is 0. The molecule has 0 amide bonds. The number of Topliss-reactive ketones (excluding diaryl/α,β-unsaturated/α-hetero) is 1. The van der Waals surface area contributed by atoms with Gasteiger partial charge in [0.2, 0.25) is 0 Å².